The molecular weight excluding hydrogens is 1170 g/mol. The van der Waals surface area contributed by atoms with Crippen LogP contribution in [0.2, 0.25) is 0 Å². The number of aryl methyl sites for hydroxylation is 2. The molecule has 5 bridgehead atoms. The summed E-state index contributed by atoms with van der Waals surface area (Å²) in [6, 6.07) is 23.6. The lowest BCUT2D eigenvalue weighted by Gasteiger charge is -2.50. The Balaban J connectivity index is 1.05. The summed E-state index contributed by atoms with van der Waals surface area (Å²) in [7, 11) is 8.91. The van der Waals surface area contributed by atoms with Gasteiger partial charge in [0.25, 0.3) is 0 Å². The van der Waals surface area contributed by atoms with Crippen molar-refractivity contribution in [3.63, 3.8) is 0 Å². The van der Waals surface area contributed by atoms with Crippen LogP contribution in [-0.2, 0) is 45.9 Å². The summed E-state index contributed by atoms with van der Waals surface area (Å²) in [5.74, 6) is 1.95. The van der Waals surface area contributed by atoms with Crippen LogP contribution in [-0.4, -0.2) is 102 Å². The molecule has 16 heteroatoms. The Labute approximate surface area is 530 Å². The monoisotopic (exact) mass is 1260 g/mol. The average molecular weight is 1260 g/mol. The van der Waals surface area contributed by atoms with Gasteiger partial charge in [-0.25, -0.2) is 0 Å². The number of phenolic OH excluding ortho intramolecular Hbond substituents is 2. The standard InChI is InChI=1S/C71H90N2O10S4/c1-40(2)11-12-42-9-5-6-10-45(42)33-63-71-28-23-46(32-62(71)80)61(35-52(78)19-14-44-17-22-60(79)68(82-4)64(44)53-20-15-43-13-18-51(77)34-54(43)57(53)39-85-87-71)83-69-56-30-49(37-75)67-65-47(16-21-58(72-67)41(3)76)29-48(36-74)55(66(56)65)31-50(38-84-86-63)59(73-69)24-27-70(81)25-7-8-26-70/h5-6,9-10,13,15,17-18,20,22,30,34,40,46-48,50,55,58-59,61-63,69,72-75,77,79-81H,7-8,11-12,14,16,19,21,23-29,31-33,35-39H2,1-4H3/t46-,47-,48+,50-,55+,58-,59+,61+,62+,63+,69+,71+/m1/s1. The van der Waals surface area contributed by atoms with Crippen molar-refractivity contribution in [1.82, 2.24) is 5.32 Å². The van der Waals surface area contributed by atoms with E-state index in [4.69, 9.17) is 9.47 Å². The van der Waals surface area contributed by atoms with E-state index in [2.05, 4.69) is 60.9 Å². The number of hydrogen-bond acceptors (Lipinski definition) is 16. The first-order chi connectivity index (χ1) is 42.1. The molecule has 8 N–H and O–H groups in total. The van der Waals surface area contributed by atoms with Crippen LogP contribution < -0.4 is 15.4 Å². The van der Waals surface area contributed by atoms with Gasteiger partial charge in [-0.05, 0) is 218 Å². The Bertz CT molecular complexity index is 3320. The highest BCUT2D eigenvalue weighted by atomic mass is 33.1. The lowest BCUT2D eigenvalue weighted by atomic mass is 9.63. The van der Waals surface area contributed by atoms with Gasteiger partial charge in [0.15, 0.2) is 17.3 Å². The van der Waals surface area contributed by atoms with Crippen LogP contribution >= 0.6 is 43.2 Å². The van der Waals surface area contributed by atoms with Crippen LogP contribution in [0.1, 0.15) is 186 Å². The smallest absolute Gasteiger partial charge is 0.168 e. The third-order valence-electron chi connectivity index (χ3n) is 21.4. The molecule has 8 aliphatic rings. The molecule has 4 fully saturated rings. The number of carbonyl (C=O) groups excluding carboxylic acids is 2. The Hall–Kier alpha value is -3.94. The number of anilines is 1. The number of hydrogen-bond donors (Lipinski definition) is 8. The number of rotatable bonds is 12. The maximum absolute atomic E-state index is 15.4. The molecule has 0 unspecified atom stereocenters. The number of aliphatic hydroxyl groups is 4. The van der Waals surface area contributed by atoms with E-state index < -0.39 is 34.8 Å². The van der Waals surface area contributed by atoms with E-state index in [1.54, 1.807) is 47.8 Å². The van der Waals surface area contributed by atoms with Crippen molar-refractivity contribution in [2.24, 2.45) is 23.7 Å². The van der Waals surface area contributed by atoms with Crippen LogP contribution in [0, 0.1) is 23.7 Å². The van der Waals surface area contributed by atoms with Gasteiger partial charge in [-0.2, -0.15) is 0 Å². The molecule has 0 spiro atoms. The SMILES string of the molecule is COc1c(O)ccc2c1-c1ccc3ccc(O)cc3c1CSS[C@@]13CC[C@H](C[C@@H]1O)[C@H](CC(=O)CC2)O[C@@H]1N[C@@H](CCC2(O)CCCC2)[C@@H](CSS[C@H]3Cc2ccccc2CCC(C)C)C[C@@H]2c3c1cc(CO)c1c3[C@H](CC[C@H](C(C)=O)N1)C[C@H]2CO. The molecule has 2 saturated heterocycles. The second kappa shape index (κ2) is 27.1. The van der Waals surface area contributed by atoms with Crippen molar-refractivity contribution in [3.8, 4) is 28.4 Å². The summed E-state index contributed by atoms with van der Waals surface area (Å²) in [6.45, 7) is 5.93. The summed E-state index contributed by atoms with van der Waals surface area (Å²) in [5.41, 5.74) is 9.89. The first-order valence-electron chi connectivity index (χ1n) is 32.4. The molecule has 5 aliphatic heterocycles. The molecule has 0 aromatic heterocycles. The van der Waals surface area contributed by atoms with E-state index in [1.807, 2.05) is 45.9 Å². The van der Waals surface area contributed by atoms with Gasteiger partial charge in [0, 0.05) is 59.1 Å². The first kappa shape index (κ1) is 63.2. The lowest BCUT2D eigenvalue weighted by molar-refractivity contribution is -0.130. The van der Waals surface area contributed by atoms with E-state index in [0.717, 1.165) is 120 Å². The van der Waals surface area contributed by atoms with Crippen LogP contribution in [0.4, 0.5) is 5.69 Å². The Morgan fingerprint density at radius 1 is 0.885 bits per heavy atom. The number of Topliss-reactive ketones (excluding diaryl/α,β-unsaturated/α-hetero) is 2. The molecule has 87 heavy (non-hydrogen) atoms. The minimum Gasteiger partial charge on any atom is -0.508 e. The van der Waals surface area contributed by atoms with E-state index >= 15 is 4.79 Å². The largest absolute Gasteiger partial charge is 0.508 e. The minimum absolute atomic E-state index is 0.00151. The van der Waals surface area contributed by atoms with Crippen molar-refractivity contribution >= 4 is 71.2 Å². The van der Waals surface area contributed by atoms with Gasteiger partial charge in [-0.1, -0.05) is 118 Å². The number of phenols is 2. The maximum atomic E-state index is 15.4. The molecule has 5 aromatic carbocycles. The normalized spacial score (nSPS) is 30.0. The molecular formula is C71H90N2O10S4. The average Bonchev–Trinajstić information content (AvgIpc) is 1.66. The fourth-order valence-corrected chi connectivity index (χ4v) is 24.1. The van der Waals surface area contributed by atoms with Gasteiger partial charge in [-0.15, -0.1) is 0 Å². The van der Waals surface area contributed by atoms with Gasteiger partial charge in [0.05, 0.1) is 42.3 Å². The second-order valence-corrected chi connectivity index (χ2v) is 32.4. The second-order valence-electron chi connectivity index (χ2n) is 27.2. The molecule has 13 rings (SSSR count). The van der Waals surface area contributed by atoms with Crippen molar-refractivity contribution in [2.45, 2.75) is 213 Å². The summed E-state index contributed by atoms with van der Waals surface area (Å²) >= 11 is 0. The molecule has 5 aromatic rings. The summed E-state index contributed by atoms with van der Waals surface area (Å²) in [6.07, 6.45) is 10.7. The highest BCUT2D eigenvalue weighted by Crippen LogP contribution is 2.60. The number of ketones is 2. The number of benzene rings is 5. The number of ether oxygens (including phenoxy) is 2. The number of carbonyl (C=O) groups is 2. The third kappa shape index (κ3) is 13.0. The molecule has 0 amide bonds. The van der Waals surface area contributed by atoms with Gasteiger partial charge < -0.3 is 45.4 Å². The van der Waals surface area contributed by atoms with E-state index in [9.17, 15) is 35.4 Å². The highest BCUT2D eigenvalue weighted by molar-refractivity contribution is 8.78. The first-order valence-corrected chi connectivity index (χ1v) is 37.1. The summed E-state index contributed by atoms with van der Waals surface area (Å²) < 4.78 is 13.3. The minimum atomic E-state index is -0.805. The van der Waals surface area contributed by atoms with Gasteiger partial charge >= 0.3 is 0 Å². The van der Waals surface area contributed by atoms with Crippen LogP contribution in [0.25, 0.3) is 21.9 Å². The molecule has 5 heterocycles. The van der Waals surface area contributed by atoms with Crippen molar-refractivity contribution < 1.29 is 49.7 Å². The van der Waals surface area contributed by atoms with Crippen molar-refractivity contribution in [1.29, 1.82) is 0 Å². The zero-order valence-electron chi connectivity index (χ0n) is 51.1. The molecule has 3 aliphatic carbocycles. The van der Waals surface area contributed by atoms with E-state index in [-0.39, 0.29) is 90.0 Å². The predicted molar refractivity (Wildman–Crippen MR) is 355 cm³/mol. The Kier molecular flexibility index (Phi) is 19.7. The third-order valence-corrected chi connectivity index (χ3v) is 27.8. The lowest BCUT2D eigenvalue weighted by Crippen LogP contribution is -2.54. The number of nitrogens with one attached hydrogen (secondary N) is 2. The zero-order valence-corrected chi connectivity index (χ0v) is 54.3. The van der Waals surface area contributed by atoms with Gasteiger partial charge in [-0.3, -0.25) is 14.9 Å². The highest BCUT2D eigenvalue weighted by Gasteiger charge is 2.53. The fraction of sp³-hybridized carbons (Fsp3) is 0.577. The molecule has 468 valence electrons. The number of aliphatic hydroxyl groups excluding tert-OH is 3. The van der Waals surface area contributed by atoms with Crippen molar-refractivity contribution in [2.75, 3.05) is 24.8 Å². The van der Waals surface area contributed by atoms with Crippen LogP contribution in [0.15, 0.2) is 72.8 Å². The molecule has 12 atom stereocenters. The Morgan fingerprint density at radius 2 is 1.69 bits per heavy atom. The summed E-state index contributed by atoms with van der Waals surface area (Å²) in [4.78, 5) is 28.7. The topological polar surface area (TPSA) is 198 Å². The van der Waals surface area contributed by atoms with Gasteiger partial charge in [0.1, 0.15) is 17.8 Å². The van der Waals surface area contributed by atoms with Crippen LogP contribution in [0.5, 0.6) is 17.2 Å². The zero-order chi connectivity index (χ0) is 60.7. The summed E-state index contributed by atoms with van der Waals surface area (Å²) in [5, 5.41) is 81.4. The predicted octanol–water partition coefficient (Wildman–Crippen LogP) is 14.2. The number of fused-ring (bicyclic) bond motifs is 9. The van der Waals surface area contributed by atoms with E-state index in [0.29, 0.717) is 73.5 Å². The number of methoxy groups -OCH3 is 1. The quantitative estimate of drug-likeness (QED) is 0.0549. The van der Waals surface area contributed by atoms with Crippen molar-refractivity contribution in [3.05, 3.63) is 117 Å². The molecule has 0 radical (unpaired) electrons. The van der Waals surface area contributed by atoms with Gasteiger partial charge in [0.2, 0.25) is 0 Å². The number of aromatic hydroxyl groups is 2. The Morgan fingerprint density at radius 3 is 2.45 bits per heavy atom. The molecule has 12 nitrogen and oxygen atoms in total. The maximum Gasteiger partial charge on any atom is 0.168 e. The van der Waals surface area contributed by atoms with Crippen LogP contribution in [0.3, 0.4) is 0 Å². The fourth-order valence-electron chi connectivity index (χ4n) is 16.5. The molecule has 2 saturated carbocycles. The van der Waals surface area contributed by atoms with E-state index in [1.165, 1.54) is 11.1 Å².